The van der Waals surface area contributed by atoms with E-state index >= 15 is 0 Å². The summed E-state index contributed by atoms with van der Waals surface area (Å²) >= 11 is 6.19. The van der Waals surface area contributed by atoms with Gasteiger partial charge in [0.05, 0.1) is 24.9 Å². The monoisotopic (exact) mass is 569 g/mol. The maximum atomic E-state index is 13.7. The number of fused-ring (bicyclic) bond motifs is 1. The molecule has 2 aromatic heterocycles. The van der Waals surface area contributed by atoms with E-state index in [9.17, 15) is 13.2 Å². The highest BCUT2D eigenvalue weighted by Gasteiger charge is 2.51. The van der Waals surface area contributed by atoms with Crippen LogP contribution in [0.5, 0.6) is 5.75 Å². The first-order chi connectivity index (χ1) is 18.5. The Balaban J connectivity index is 1.46. The molecule has 0 spiro atoms. The van der Waals surface area contributed by atoms with Crippen LogP contribution in [0.4, 0.5) is 0 Å². The minimum absolute atomic E-state index is 0.0278. The Morgan fingerprint density at radius 1 is 1.10 bits per heavy atom. The van der Waals surface area contributed by atoms with Crippen molar-refractivity contribution < 1.29 is 17.9 Å². The predicted molar refractivity (Wildman–Crippen MR) is 151 cm³/mol. The molecule has 0 N–H and O–H groups in total. The second-order valence-electron chi connectivity index (χ2n) is 10.2. The number of hydrogen-bond acceptors (Lipinski definition) is 5. The van der Waals surface area contributed by atoms with Crippen molar-refractivity contribution in [3.8, 4) is 11.6 Å². The van der Waals surface area contributed by atoms with Gasteiger partial charge in [0.2, 0.25) is 0 Å². The van der Waals surface area contributed by atoms with Crippen LogP contribution in [-0.4, -0.2) is 57.0 Å². The van der Waals surface area contributed by atoms with Crippen molar-refractivity contribution in [3.05, 3.63) is 76.6 Å². The van der Waals surface area contributed by atoms with E-state index in [2.05, 4.69) is 5.10 Å². The lowest BCUT2D eigenvalue weighted by Gasteiger charge is -2.23. The fourth-order valence-corrected chi connectivity index (χ4v) is 7.41. The lowest BCUT2D eigenvalue weighted by Crippen LogP contribution is -2.40. The van der Waals surface area contributed by atoms with Crippen LogP contribution < -0.4 is 4.74 Å². The molecule has 1 aliphatic heterocycles. The molecule has 1 atom stereocenters. The number of amides is 1. The van der Waals surface area contributed by atoms with E-state index in [0.29, 0.717) is 22.8 Å². The van der Waals surface area contributed by atoms with Gasteiger partial charge in [-0.1, -0.05) is 37.6 Å². The van der Waals surface area contributed by atoms with Crippen molar-refractivity contribution in [1.29, 1.82) is 0 Å². The first-order valence-electron chi connectivity index (χ1n) is 12.8. The Morgan fingerprint density at radius 2 is 1.82 bits per heavy atom. The number of rotatable bonds is 8. The van der Waals surface area contributed by atoms with Crippen LogP contribution in [0.3, 0.4) is 0 Å². The number of nitrogens with zero attached hydrogens (tertiary/aromatic N) is 5. The largest absolute Gasteiger partial charge is 0.497 e. The van der Waals surface area contributed by atoms with Crippen molar-refractivity contribution in [3.63, 3.8) is 0 Å². The van der Waals surface area contributed by atoms with Crippen molar-refractivity contribution in [2.75, 3.05) is 13.7 Å². The highest BCUT2D eigenvalue weighted by Crippen LogP contribution is 2.32. The van der Waals surface area contributed by atoms with Crippen LogP contribution in [0.15, 0.2) is 54.7 Å². The number of aromatic nitrogens is 3. The number of methoxy groups -OCH3 is 1. The number of carbonyl (C=O) groups excluding carboxylic acids is 1. The van der Waals surface area contributed by atoms with Gasteiger partial charge in [0.15, 0.2) is 0 Å². The van der Waals surface area contributed by atoms with Crippen molar-refractivity contribution >= 4 is 38.6 Å². The van der Waals surface area contributed by atoms with E-state index in [4.69, 9.17) is 16.3 Å². The summed E-state index contributed by atoms with van der Waals surface area (Å²) in [4.78, 5) is 13.5. The van der Waals surface area contributed by atoms with E-state index < -0.39 is 22.2 Å². The summed E-state index contributed by atoms with van der Waals surface area (Å²) in [5.41, 5.74) is 3.41. The van der Waals surface area contributed by atoms with Crippen LogP contribution in [0.25, 0.3) is 16.7 Å². The Hall–Kier alpha value is -3.34. The zero-order chi connectivity index (χ0) is 28.1. The van der Waals surface area contributed by atoms with Crippen molar-refractivity contribution in [2.24, 2.45) is 13.0 Å². The van der Waals surface area contributed by atoms with E-state index in [1.165, 1.54) is 4.31 Å². The highest BCUT2D eigenvalue weighted by atomic mass is 35.5. The smallest absolute Gasteiger partial charge is 0.307 e. The van der Waals surface area contributed by atoms with Crippen LogP contribution in [-0.2, 0) is 35.0 Å². The number of halogens is 1. The number of benzene rings is 2. The Kier molecular flexibility index (Phi) is 7.21. The highest BCUT2D eigenvalue weighted by molar-refractivity contribution is 7.87. The third-order valence-corrected chi connectivity index (χ3v) is 9.38. The molecule has 2 aromatic carbocycles. The first kappa shape index (κ1) is 27.2. The van der Waals surface area contributed by atoms with Gasteiger partial charge in [0, 0.05) is 35.8 Å². The van der Waals surface area contributed by atoms with Gasteiger partial charge in [-0.05, 0) is 61.2 Å². The molecular weight excluding hydrogens is 538 g/mol. The van der Waals surface area contributed by atoms with Crippen LogP contribution in [0.2, 0.25) is 5.02 Å². The molecule has 1 aliphatic rings. The summed E-state index contributed by atoms with van der Waals surface area (Å²) < 4.78 is 38.9. The molecule has 0 bridgehead atoms. The zero-order valence-electron chi connectivity index (χ0n) is 22.6. The fourth-order valence-electron chi connectivity index (χ4n) is 5.39. The number of ether oxygens (including phenoxy) is 1. The van der Waals surface area contributed by atoms with Crippen LogP contribution in [0, 0.1) is 12.8 Å². The van der Waals surface area contributed by atoms with Gasteiger partial charge < -0.3 is 9.30 Å². The van der Waals surface area contributed by atoms with E-state index in [1.807, 2.05) is 62.8 Å². The van der Waals surface area contributed by atoms with Gasteiger partial charge in [-0.2, -0.15) is 17.8 Å². The van der Waals surface area contributed by atoms with Gasteiger partial charge in [-0.25, -0.2) is 4.31 Å². The third kappa shape index (κ3) is 4.81. The Morgan fingerprint density at radius 3 is 2.49 bits per heavy atom. The molecule has 1 fully saturated rings. The first-order valence-corrected chi connectivity index (χ1v) is 14.6. The molecular formula is C28H32ClN5O4S. The van der Waals surface area contributed by atoms with Gasteiger partial charge in [0.1, 0.15) is 17.6 Å². The molecule has 0 saturated carbocycles. The normalized spacial score (nSPS) is 17.6. The minimum atomic E-state index is -4.03. The van der Waals surface area contributed by atoms with Gasteiger partial charge in [-0.15, -0.1) is 0 Å². The summed E-state index contributed by atoms with van der Waals surface area (Å²) in [6.07, 6.45) is 2.36. The van der Waals surface area contributed by atoms with E-state index in [0.717, 1.165) is 32.3 Å². The molecule has 1 amide bonds. The number of hydrogen-bond donors (Lipinski definition) is 0. The maximum absolute atomic E-state index is 13.7. The van der Waals surface area contributed by atoms with Crippen LogP contribution >= 0.6 is 11.6 Å². The molecule has 3 heterocycles. The lowest BCUT2D eigenvalue weighted by atomic mass is 10.0. The summed E-state index contributed by atoms with van der Waals surface area (Å²) in [5, 5.41) is 6.29. The molecule has 0 unspecified atom stereocenters. The molecule has 0 aliphatic carbocycles. The Bertz CT molecular complexity index is 1640. The molecule has 206 valence electrons. The average Bonchev–Trinajstić information content (AvgIpc) is 3.48. The summed E-state index contributed by atoms with van der Waals surface area (Å²) in [6.45, 7) is 5.79. The SMILES string of the molecule is COc1ccc(CN2C(=O)[C@@H](C(C)C)N(CCc3c(C)nn(C)c3-n3ccc4cc(Cl)ccc43)S2(=O)=O)cc1. The molecule has 5 rings (SSSR count). The topological polar surface area (TPSA) is 89.7 Å². The van der Waals surface area contributed by atoms with Crippen molar-refractivity contribution in [2.45, 2.75) is 39.8 Å². The second kappa shape index (κ2) is 10.3. The zero-order valence-corrected chi connectivity index (χ0v) is 24.2. The van der Waals surface area contributed by atoms with Gasteiger partial charge >= 0.3 is 10.2 Å². The Labute approximate surface area is 233 Å². The van der Waals surface area contributed by atoms with Crippen molar-refractivity contribution in [1.82, 2.24) is 23.0 Å². The maximum Gasteiger partial charge on any atom is 0.307 e. The predicted octanol–water partition coefficient (Wildman–Crippen LogP) is 4.49. The molecule has 1 saturated heterocycles. The number of aryl methyl sites for hydroxylation is 2. The molecule has 4 aromatic rings. The minimum Gasteiger partial charge on any atom is -0.497 e. The molecule has 11 heteroatoms. The third-order valence-electron chi connectivity index (χ3n) is 7.28. The quantitative estimate of drug-likeness (QED) is 0.312. The summed E-state index contributed by atoms with van der Waals surface area (Å²) in [7, 11) is -0.590. The fraction of sp³-hybridized carbons (Fsp3) is 0.357. The van der Waals surface area contributed by atoms with Gasteiger partial charge in [0.25, 0.3) is 5.91 Å². The number of carbonyl (C=O) groups is 1. The van der Waals surface area contributed by atoms with E-state index in [1.54, 1.807) is 36.1 Å². The summed E-state index contributed by atoms with van der Waals surface area (Å²) in [6, 6.07) is 14.0. The molecule has 0 radical (unpaired) electrons. The molecule has 9 nitrogen and oxygen atoms in total. The lowest BCUT2D eigenvalue weighted by molar-refractivity contribution is -0.129. The van der Waals surface area contributed by atoms with Crippen LogP contribution in [0.1, 0.15) is 30.7 Å². The summed E-state index contributed by atoms with van der Waals surface area (Å²) in [5.74, 6) is 0.916. The second-order valence-corrected chi connectivity index (χ2v) is 12.4. The van der Waals surface area contributed by atoms with E-state index in [-0.39, 0.29) is 19.0 Å². The molecule has 39 heavy (non-hydrogen) atoms. The average molecular weight is 570 g/mol. The standard InChI is InChI=1S/C28H32ClN5O4S/c1-18(2)26-28(35)34(17-20-6-9-23(38-5)10-7-20)39(36,37)33(26)15-13-24-19(3)30-31(4)27(24)32-14-12-21-16-22(29)8-11-25(21)32/h6-12,14,16,18,26H,13,15,17H2,1-5H3/t26-/m1/s1. The van der Waals surface area contributed by atoms with Gasteiger partial charge in [-0.3, -0.25) is 9.48 Å².